The quantitative estimate of drug-likeness (QED) is 0.758. The highest BCUT2D eigenvalue weighted by Gasteiger charge is 2.33. The molecule has 0 bridgehead atoms. The van der Waals surface area contributed by atoms with E-state index in [1.165, 1.54) is 0 Å². The third-order valence-electron chi connectivity index (χ3n) is 4.95. The molecule has 3 aromatic rings. The van der Waals surface area contributed by atoms with E-state index in [4.69, 9.17) is 13.9 Å². The molecule has 5 rings (SSSR count). The van der Waals surface area contributed by atoms with Gasteiger partial charge in [0, 0.05) is 30.1 Å². The van der Waals surface area contributed by atoms with E-state index in [1.807, 2.05) is 30.3 Å². The largest absolute Gasteiger partial charge is 0.486 e. The molecule has 0 aliphatic carbocycles. The molecule has 0 unspecified atom stereocenters. The molecule has 2 aliphatic rings. The van der Waals surface area contributed by atoms with E-state index < -0.39 is 0 Å². The maximum atomic E-state index is 12.5. The first-order chi connectivity index (χ1) is 13.7. The summed E-state index contributed by atoms with van der Waals surface area (Å²) in [7, 11) is 0. The Morgan fingerprint density at radius 2 is 1.86 bits per heavy atom. The van der Waals surface area contributed by atoms with Gasteiger partial charge in [-0.1, -0.05) is 18.2 Å². The summed E-state index contributed by atoms with van der Waals surface area (Å²) < 4.78 is 16.7. The summed E-state index contributed by atoms with van der Waals surface area (Å²) in [4.78, 5) is 26.7. The fourth-order valence-electron chi connectivity index (χ4n) is 3.60. The standard InChI is InChI=1S/C21H18N2O5/c24-20-10-14(22-21(25)19-9-13-3-1-2-4-16(13)28-19)12-23(20)15-5-6-17-18(11-15)27-8-7-26-17/h1-6,9,11,14H,7-8,10,12H2,(H,22,25)/t14-/m1/s1. The molecule has 1 fully saturated rings. The Bertz CT molecular complexity index is 1040. The Balaban J connectivity index is 1.30. The fourth-order valence-corrected chi connectivity index (χ4v) is 3.60. The van der Waals surface area contributed by atoms with E-state index in [0.29, 0.717) is 36.8 Å². The summed E-state index contributed by atoms with van der Waals surface area (Å²) in [5.41, 5.74) is 1.39. The first-order valence-corrected chi connectivity index (χ1v) is 9.17. The molecule has 1 N–H and O–H groups in total. The Labute approximate surface area is 160 Å². The van der Waals surface area contributed by atoms with Gasteiger partial charge in [-0.05, 0) is 24.3 Å². The summed E-state index contributed by atoms with van der Waals surface area (Å²) in [6, 6.07) is 14.3. The zero-order valence-electron chi connectivity index (χ0n) is 15.0. The molecule has 7 nitrogen and oxygen atoms in total. The zero-order valence-corrected chi connectivity index (χ0v) is 15.0. The monoisotopic (exact) mass is 378 g/mol. The Kier molecular flexibility index (Phi) is 3.93. The maximum absolute atomic E-state index is 12.5. The molecule has 2 aliphatic heterocycles. The summed E-state index contributed by atoms with van der Waals surface area (Å²) in [5, 5.41) is 3.77. The molecule has 1 atom stereocenters. The second-order valence-corrected chi connectivity index (χ2v) is 6.86. The second kappa shape index (κ2) is 6.60. The number of para-hydroxylation sites is 1. The van der Waals surface area contributed by atoms with Crippen molar-refractivity contribution in [2.45, 2.75) is 12.5 Å². The van der Waals surface area contributed by atoms with Crippen molar-refractivity contribution in [3.8, 4) is 11.5 Å². The molecule has 1 saturated heterocycles. The molecular formula is C21H18N2O5. The van der Waals surface area contributed by atoms with Crippen molar-refractivity contribution in [3.63, 3.8) is 0 Å². The number of amides is 2. The number of ether oxygens (including phenoxy) is 2. The molecule has 3 heterocycles. The topological polar surface area (TPSA) is 81.0 Å². The number of carbonyl (C=O) groups is 2. The average molecular weight is 378 g/mol. The van der Waals surface area contributed by atoms with Crippen molar-refractivity contribution >= 4 is 28.5 Å². The van der Waals surface area contributed by atoms with Crippen LogP contribution in [-0.4, -0.2) is 37.6 Å². The lowest BCUT2D eigenvalue weighted by Gasteiger charge is -2.22. The van der Waals surface area contributed by atoms with Gasteiger partial charge < -0.3 is 24.1 Å². The van der Waals surface area contributed by atoms with Crippen LogP contribution < -0.4 is 19.7 Å². The number of hydrogen-bond acceptors (Lipinski definition) is 5. The predicted molar refractivity (Wildman–Crippen MR) is 102 cm³/mol. The van der Waals surface area contributed by atoms with Crippen LogP contribution in [0.4, 0.5) is 5.69 Å². The number of fused-ring (bicyclic) bond motifs is 2. The minimum atomic E-state index is -0.321. The van der Waals surface area contributed by atoms with Crippen LogP contribution in [0.1, 0.15) is 17.0 Å². The van der Waals surface area contributed by atoms with E-state index in [2.05, 4.69) is 5.32 Å². The van der Waals surface area contributed by atoms with Crippen LogP contribution in [-0.2, 0) is 4.79 Å². The number of benzene rings is 2. The highest BCUT2D eigenvalue weighted by atomic mass is 16.6. The van der Waals surface area contributed by atoms with E-state index in [-0.39, 0.29) is 30.0 Å². The number of nitrogens with zero attached hydrogens (tertiary/aromatic N) is 1. The molecule has 28 heavy (non-hydrogen) atoms. The molecule has 7 heteroatoms. The Morgan fingerprint density at radius 1 is 1.04 bits per heavy atom. The number of furan rings is 1. The zero-order chi connectivity index (χ0) is 19.1. The van der Waals surface area contributed by atoms with Crippen LogP contribution in [0.2, 0.25) is 0 Å². The lowest BCUT2D eigenvalue weighted by Crippen LogP contribution is -2.37. The summed E-state index contributed by atoms with van der Waals surface area (Å²) in [6.07, 6.45) is 0.237. The van der Waals surface area contributed by atoms with Crippen molar-refractivity contribution in [2.24, 2.45) is 0 Å². The molecule has 2 amide bonds. The molecule has 0 saturated carbocycles. The number of anilines is 1. The van der Waals surface area contributed by atoms with Gasteiger partial charge in [0.1, 0.15) is 18.8 Å². The van der Waals surface area contributed by atoms with Gasteiger partial charge >= 0.3 is 0 Å². The summed E-state index contributed by atoms with van der Waals surface area (Å²) in [6.45, 7) is 1.40. The maximum Gasteiger partial charge on any atom is 0.287 e. The third kappa shape index (κ3) is 2.94. The van der Waals surface area contributed by atoms with Crippen LogP contribution in [0.3, 0.4) is 0 Å². The van der Waals surface area contributed by atoms with Gasteiger partial charge in [-0.3, -0.25) is 9.59 Å². The fraction of sp³-hybridized carbons (Fsp3) is 0.238. The summed E-state index contributed by atoms with van der Waals surface area (Å²) in [5.74, 6) is 1.18. The number of hydrogen-bond donors (Lipinski definition) is 1. The van der Waals surface area contributed by atoms with Gasteiger partial charge in [-0.25, -0.2) is 0 Å². The molecule has 0 spiro atoms. The number of rotatable bonds is 3. The smallest absolute Gasteiger partial charge is 0.287 e. The highest BCUT2D eigenvalue weighted by molar-refractivity contribution is 5.99. The molecule has 142 valence electrons. The van der Waals surface area contributed by atoms with Crippen molar-refractivity contribution < 1.29 is 23.5 Å². The van der Waals surface area contributed by atoms with Gasteiger partial charge in [0.2, 0.25) is 5.91 Å². The van der Waals surface area contributed by atoms with Crippen LogP contribution in [0, 0.1) is 0 Å². The van der Waals surface area contributed by atoms with Gasteiger partial charge in [0.05, 0.1) is 6.04 Å². The van der Waals surface area contributed by atoms with Gasteiger partial charge in [-0.15, -0.1) is 0 Å². The van der Waals surface area contributed by atoms with Gasteiger partial charge in [0.15, 0.2) is 17.3 Å². The number of carbonyl (C=O) groups excluding carboxylic acids is 2. The first kappa shape index (κ1) is 16.7. The average Bonchev–Trinajstić information content (AvgIpc) is 3.31. The van der Waals surface area contributed by atoms with E-state index >= 15 is 0 Å². The molecule has 0 radical (unpaired) electrons. The van der Waals surface area contributed by atoms with Crippen LogP contribution in [0.15, 0.2) is 52.9 Å². The molecule has 2 aromatic carbocycles. The van der Waals surface area contributed by atoms with Crippen molar-refractivity contribution in [3.05, 3.63) is 54.3 Å². The lowest BCUT2D eigenvalue weighted by molar-refractivity contribution is -0.117. The number of nitrogens with one attached hydrogen (secondary N) is 1. The second-order valence-electron chi connectivity index (χ2n) is 6.86. The van der Waals surface area contributed by atoms with Crippen LogP contribution in [0.5, 0.6) is 11.5 Å². The highest BCUT2D eigenvalue weighted by Crippen LogP contribution is 2.35. The molecule has 1 aromatic heterocycles. The van der Waals surface area contributed by atoms with Crippen molar-refractivity contribution in [1.29, 1.82) is 0 Å². The van der Waals surface area contributed by atoms with Gasteiger partial charge in [-0.2, -0.15) is 0 Å². The lowest BCUT2D eigenvalue weighted by atomic mass is 10.2. The van der Waals surface area contributed by atoms with E-state index in [9.17, 15) is 9.59 Å². The Morgan fingerprint density at radius 3 is 2.71 bits per heavy atom. The van der Waals surface area contributed by atoms with E-state index in [0.717, 1.165) is 11.1 Å². The SMILES string of the molecule is O=C(N[C@@H]1CC(=O)N(c2ccc3c(c2)OCCO3)C1)c1cc2ccccc2o1. The predicted octanol–water partition coefficient (Wildman–Crippen LogP) is 2.74. The van der Waals surface area contributed by atoms with E-state index in [1.54, 1.807) is 23.1 Å². The molecular weight excluding hydrogens is 360 g/mol. The van der Waals surface area contributed by atoms with Crippen LogP contribution >= 0.6 is 0 Å². The minimum Gasteiger partial charge on any atom is -0.486 e. The van der Waals surface area contributed by atoms with Crippen molar-refractivity contribution in [2.75, 3.05) is 24.7 Å². The third-order valence-corrected chi connectivity index (χ3v) is 4.95. The minimum absolute atomic E-state index is 0.0495. The van der Waals surface area contributed by atoms with Crippen molar-refractivity contribution in [1.82, 2.24) is 5.32 Å². The Hall–Kier alpha value is -3.48. The summed E-state index contributed by atoms with van der Waals surface area (Å²) >= 11 is 0. The first-order valence-electron chi connectivity index (χ1n) is 9.17. The normalized spacial score (nSPS) is 18.5. The van der Waals surface area contributed by atoms with Gasteiger partial charge in [0.25, 0.3) is 5.91 Å². The van der Waals surface area contributed by atoms with Crippen LogP contribution in [0.25, 0.3) is 11.0 Å².